The van der Waals surface area contributed by atoms with Crippen molar-refractivity contribution in [2.45, 2.75) is 63.8 Å². The summed E-state index contributed by atoms with van der Waals surface area (Å²) in [5.74, 6) is 1.29. The second kappa shape index (κ2) is 15.4. The molecule has 0 amide bonds. The summed E-state index contributed by atoms with van der Waals surface area (Å²) in [6.45, 7) is 3.68. The van der Waals surface area contributed by atoms with Crippen molar-refractivity contribution in [1.82, 2.24) is 10.4 Å². The number of halogens is 2. The minimum absolute atomic E-state index is 0. The minimum Gasteiger partial charge on any atom is -0.504 e. The first kappa shape index (κ1) is 30.4. The van der Waals surface area contributed by atoms with Crippen LogP contribution in [0.25, 0.3) is 0 Å². The van der Waals surface area contributed by atoms with Crippen molar-refractivity contribution in [3.63, 3.8) is 0 Å². The fourth-order valence-electron chi connectivity index (χ4n) is 4.83. The lowest BCUT2D eigenvalue weighted by Gasteiger charge is -2.36. The van der Waals surface area contributed by atoms with Gasteiger partial charge in [-0.3, -0.25) is 5.43 Å². The van der Waals surface area contributed by atoms with Crippen LogP contribution in [0.5, 0.6) is 17.2 Å². The van der Waals surface area contributed by atoms with Gasteiger partial charge in [0, 0.05) is 31.1 Å². The normalized spacial score (nSPS) is 15.6. The predicted molar refractivity (Wildman–Crippen MR) is 147 cm³/mol. The van der Waals surface area contributed by atoms with E-state index in [0.29, 0.717) is 18.9 Å². The number of hydrogen-bond acceptors (Lipinski definition) is 6. The van der Waals surface area contributed by atoms with E-state index in [2.05, 4.69) is 29.5 Å². The summed E-state index contributed by atoms with van der Waals surface area (Å²) < 4.78 is 5.62. The number of hydrazine groups is 1. The standard InChI is InChI=1S/C26H36N2O4.2BrH/c1-3-7-19(22-8-4-5-9-25(22)32-2)14-16-28(27-15-6-17-29)21-11-12-23-20(18-21)10-13-24(30)26(23)31;;/h4-5,8-10,13,17,19,21,27,30-31H,3,6-7,11-12,14-16,18H2,1-2H3;2*1H. The van der Waals surface area contributed by atoms with Crippen molar-refractivity contribution >= 4 is 40.2 Å². The highest BCUT2D eigenvalue weighted by Crippen LogP contribution is 2.37. The Morgan fingerprint density at radius 1 is 1.18 bits per heavy atom. The van der Waals surface area contributed by atoms with Crippen molar-refractivity contribution in [3.8, 4) is 17.2 Å². The molecule has 6 nitrogen and oxygen atoms in total. The SMILES string of the molecule is Br.Br.CCCC(CCN(NCCC=O)C1CCc2c(ccc(O)c2O)C1)c1ccccc1OC. The van der Waals surface area contributed by atoms with Gasteiger partial charge in [0.2, 0.25) is 0 Å². The number of ether oxygens (including phenoxy) is 1. The number of rotatable bonds is 12. The first-order chi connectivity index (χ1) is 15.6. The molecule has 3 N–H and O–H groups in total. The molecule has 0 fully saturated rings. The first-order valence-corrected chi connectivity index (χ1v) is 11.7. The van der Waals surface area contributed by atoms with Crippen molar-refractivity contribution in [1.29, 1.82) is 0 Å². The van der Waals surface area contributed by atoms with Crippen LogP contribution in [-0.2, 0) is 17.6 Å². The number of hydrogen-bond donors (Lipinski definition) is 3. The molecular weight excluding hydrogens is 564 g/mol. The molecule has 0 aromatic heterocycles. The Kier molecular flexibility index (Phi) is 13.8. The molecule has 3 rings (SSSR count). The summed E-state index contributed by atoms with van der Waals surface area (Å²) >= 11 is 0. The fraction of sp³-hybridized carbons (Fsp3) is 0.500. The number of benzene rings is 2. The number of aromatic hydroxyl groups is 2. The molecule has 0 saturated carbocycles. The van der Waals surface area contributed by atoms with Crippen LogP contribution in [0, 0.1) is 0 Å². The summed E-state index contributed by atoms with van der Waals surface area (Å²) in [5.41, 5.74) is 6.66. The molecule has 190 valence electrons. The molecule has 1 aliphatic carbocycles. The lowest BCUT2D eigenvalue weighted by atomic mass is 9.86. The van der Waals surface area contributed by atoms with Crippen LogP contribution in [0.4, 0.5) is 0 Å². The monoisotopic (exact) mass is 600 g/mol. The quantitative estimate of drug-likeness (QED) is 0.129. The second-order valence-corrected chi connectivity index (χ2v) is 8.54. The number of methoxy groups -OCH3 is 1. The molecule has 0 heterocycles. The molecule has 0 aliphatic heterocycles. The summed E-state index contributed by atoms with van der Waals surface area (Å²) in [5, 5.41) is 22.3. The average Bonchev–Trinajstić information content (AvgIpc) is 2.82. The van der Waals surface area contributed by atoms with Gasteiger partial charge in [0.25, 0.3) is 0 Å². The van der Waals surface area contributed by atoms with Gasteiger partial charge in [-0.15, -0.1) is 34.0 Å². The van der Waals surface area contributed by atoms with Gasteiger partial charge in [-0.05, 0) is 61.3 Å². The fourth-order valence-corrected chi connectivity index (χ4v) is 4.83. The smallest absolute Gasteiger partial charge is 0.160 e. The van der Waals surface area contributed by atoms with Gasteiger partial charge in [-0.1, -0.05) is 37.6 Å². The van der Waals surface area contributed by atoms with Gasteiger partial charge >= 0.3 is 0 Å². The predicted octanol–water partition coefficient (Wildman–Crippen LogP) is 5.49. The number of aldehydes is 1. The van der Waals surface area contributed by atoms with E-state index in [1.54, 1.807) is 13.2 Å². The highest BCUT2D eigenvalue weighted by atomic mass is 79.9. The minimum atomic E-state index is -0.0534. The molecule has 2 atom stereocenters. The van der Waals surface area contributed by atoms with E-state index in [0.717, 1.165) is 68.2 Å². The molecule has 8 heteroatoms. The number of fused-ring (bicyclic) bond motifs is 1. The van der Waals surface area contributed by atoms with Gasteiger partial charge in [0.1, 0.15) is 12.0 Å². The Morgan fingerprint density at radius 3 is 2.65 bits per heavy atom. The number of para-hydroxylation sites is 1. The number of carbonyl (C=O) groups excluding carboxylic acids is 1. The second-order valence-electron chi connectivity index (χ2n) is 8.54. The maximum atomic E-state index is 10.9. The molecule has 2 unspecified atom stereocenters. The largest absolute Gasteiger partial charge is 0.504 e. The third-order valence-electron chi connectivity index (χ3n) is 6.49. The Labute approximate surface area is 224 Å². The van der Waals surface area contributed by atoms with E-state index >= 15 is 0 Å². The van der Waals surface area contributed by atoms with Crippen LogP contribution in [0.15, 0.2) is 36.4 Å². The van der Waals surface area contributed by atoms with Crippen molar-refractivity contribution < 1.29 is 19.7 Å². The van der Waals surface area contributed by atoms with Crippen molar-refractivity contribution in [2.75, 3.05) is 20.2 Å². The third kappa shape index (κ3) is 7.70. The Balaban J connectivity index is 0.00000289. The molecular formula is C26H38Br2N2O4. The zero-order valence-electron chi connectivity index (χ0n) is 20.0. The van der Waals surface area contributed by atoms with Gasteiger partial charge in [0.15, 0.2) is 11.5 Å². The van der Waals surface area contributed by atoms with Crippen molar-refractivity contribution in [3.05, 3.63) is 53.1 Å². The molecule has 1 aliphatic rings. The van der Waals surface area contributed by atoms with E-state index in [9.17, 15) is 15.0 Å². The highest BCUT2D eigenvalue weighted by molar-refractivity contribution is 8.93. The summed E-state index contributed by atoms with van der Waals surface area (Å²) in [6, 6.07) is 12.0. The molecule has 2 aromatic rings. The maximum Gasteiger partial charge on any atom is 0.160 e. The lowest BCUT2D eigenvalue weighted by Crippen LogP contribution is -2.49. The number of nitrogens with one attached hydrogen (secondary N) is 1. The van der Waals surface area contributed by atoms with Gasteiger partial charge in [0.05, 0.1) is 7.11 Å². The number of carbonyl (C=O) groups is 1. The molecule has 0 saturated heterocycles. The van der Waals surface area contributed by atoms with Crippen LogP contribution in [0.1, 0.15) is 61.6 Å². The maximum absolute atomic E-state index is 10.9. The summed E-state index contributed by atoms with van der Waals surface area (Å²) in [6.07, 6.45) is 6.97. The van der Waals surface area contributed by atoms with E-state index in [1.165, 1.54) is 5.56 Å². The van der Waals surface area contributed by atoms with E-state index in [-0.39, 0.29) is 51.5 Å². The highest BCUT2D eigenvalue weighted by Gasteiger charge is 2.27. The molecule has 2 aromatic carbocycles. The van der Waals surface area contributed by atoms with Crippen LogP contribution in [-0.4, -0.2) is 47.7 Å². The Bertz CT molecular complexity index is 897. The van der Waals surface area contributed by atoms with E-state index in [4.69, 9.17) is 4.74 Å². The Morgan fingerprint density at radius 2 is 1.94 bits per heavy atom. The van der Waals surface area contributed by atoms with Crippen molar-refractivity contribution in [2.24, 2.45) is 0 Å². The average molecular weight is 602 g/mol. The molecule has 0 bridgehead atoms. The molecule has 34 heavy (non-hydrogen) atoms. The number of phenolic OH excluding ortho intramolecular Hbond substituents is 2. The van der Waals surface area contributed by atoms with Crippen LogP contribution in [0.2, 0.25) is 0 Å². The van der Waals surface area contributed by atoms with E-state index < -0.39 is 0 Å². The third-order valence-corrected chi connectivity index (χ3v) is 6.49. The topological polar surface area (TPSA) is 82.0 Å². The molecule has 0 spiro atoms. The van der Waals surface area contributed by atoms with Gasteiger partial charge in [-0.25, -0.2) is 5.01 Å². The van der Waals surface area contributed by atoms with Gasteiger partial charge in [-0.2, -0.15) is 0 Å². The zero-order valence-corrected chi connectivity index (χ0v) is 23.5. The van der Waals surface area contributed by atoms with Crippen LogP contribution >= 0.6 is 34.0 Å². The summed E-state index contributed by atoms with van der Waals surface area (Å²) in [4.78, 5) is 10.9. The number of phenols is 2. The van der Waals surface area contributed by atoms with E-state index in [1.807, 2.05) is 18.2 Å². The van der Waals surface area contributed by atoms with Gasteiger partial charge < -0.3 is 19.7 Å². The lowest BCUT2D eigenvalue weighted by molar-refractivity contribution is -0.108. The number of nitrogens with zero attached hydrogens (tertiary/aromatic N) is 1. The Hall–Kier alpha value is -1.61. The first-order valence-electron chi connectivity index (χ1n) is 11.7. The van der Waals surface area contributed by atoms with Crippen LogP contribution < -0.4 is 10.2 Å². The van der Waals surface area contributed by atoms with Crippen LogP contribution in [0.3, 0.4) is 0 Å². The molecule has 0 radical (unpaired) electrons. The zero-order chi connectivity index (χ0) is 22.9. The summed E-state index contributed by atoms with van der Waals surface area (Å²) in [7, 11) is 1.72.